The van der Waals surface area contributed by atoms with Crippen molar-refractivity contribution in [1.82, 2.24) is 9.88 Å². The number of rotatable bonds is 3. The Hall–Kier alpha value is -2.34. The first kappa shape index (κ1) is 14.1. The molecule has 0 bridgehead atoms. The first-order valence-corrected chi connectivity index (χ1v) is 6.09. The third-order valence-electron chi connectivity index (χ3n) is 2.80. The summed E-state index contributed by atoms with van der Waals surface area (Å²) in [6.07, 6.45) is 1.45. The van der Waals surface area contributed by atoms with Gasteiger partial charge in [0.05, 0.1) is 0 Å². The molecule has 0 spiro atoms. The quantitative estimate of drug-likeness (QED) is 0.838. The molecule has 0 fully saturated rings. The number of nitrogens with zero attached hydrogens (tertiary/aromatic N) is 2. The summed E-state index contributed by atoms with van der Waals surface area (Å²) in [4.78, 5) is 28.0. The van der Waals surface area contributed by atoms with Gasteiger partial charge in [0.15, 0.2) is 0 Å². The smallest absolute Gasteiger partial charge is 0.323 e. The van der Waals surface area contributed by atoms with Crippen molar-refractivity contribution in [2.45, 2.75) is 0 Å². The third-order valence-corrected chi connectivity index (χ3v) is 3.02. The molecule has 1 aromatic carbocycles. The van der Waals surface area contributed by atoms with Crippen LogP contribution in [0.15, 0.2) is 24.4 Å². The van der Waals surface area contributed by atoms with Crippen LogP contribution in [-0.2, 0) is 4.79 Å². The van der Waals surface area contributed by atoms with Crippen molar-refractivity contribution in [3.63, 3.8) is 0 Å². The van der Waals surface area contributed by atoms with Crippen LogP contribution in [0.3, 0.4) is 0 Å². The molecule has 7 heteroatoms. The Morgan fingerprint density at radius 1 is 1.40 bits per heavy atom. The van der Waals surface area contributed by atoms with Gasteiger partial charge in [-0.3, -0.25) is 14.6 Å². The topological polar surface area (TPSA) is 96.5 Å². The molecule has 0 aliphatic rings. The van der Waals surface area contributed by atoms with E-state index in [2.05, 4.69) is 4.98 Å². The van der Waals surface area contributed by atoms with E-state index >= 15 is 0 Å². The number of aromatic nitrogens is 1. The number of pyridine rings is 1. The standard InChI is InChI=1S/C13H12ClN3O3/c1-17(6-11(18)19)13(20)12-9-4-7(14)5-10(15)8(9)2-3-16-12/h2-5H,6,15H2,1H3,(H,18,19). The molecule has 0 atom stereocenters. The molecule has 1 heterocycles. The van der Waals surface area contributed by atoms with Gasteiger partial charge >= 0.3 is 5.97 Å². The van der Waals surface area contributed by atoms with E-state index in [0.717, 1.165) is 4.90 Å². The number of anilines is 1. The summed E-state index contributed by atoms with van der Waals surface area (Å²) >= 11 is 5.94. The molecule has 104 valence electrons. The number of nitrogens with two attached hydrogens (primary N) is 1. The van der Waals surface area contributed by atoms with Gasteiger partial charge in [0.2, 0.25) is 0 Å². The van der Waals surface area contributed by atoms with E-state index in [9.17, 15) is 9.59 Å². The summed E-state index contributed by atoms with van der Waals surface area (Å²) in [5.41, 5.74) is 6.41. The van der Waals surface area contributed by atoms with Crippen molar-refractivity contribution >= 4 is 39.9 Å². The van der Waals surface area contributed by atoms with E-state index in [1.54, 1.807) is 18.2 Å². The Labute approximate surface area is 119 Å². The minimum atomic E-state index is -1.10. The Balaban J connectivity index is 2.54. The van der Waals surface area contributed by atoms with E-state index in [1.807, 2.05) is 0 Å². The molecule has 20 heavy (non-hydrogen) atoms. The SMILES string of the molecule is CN(CC(=O)O)C(=O)c1nccc2c(N)cc(Cl)cc12. The molecule has 6 nitrogen and oxygen atoms in total. The van der Waals surface area contributed by atoms with Gasteiger partial charge in [0.25, 0.3) is 5.91 Å². The van der Waals surface area contributed by atoms with Crippen molar-refractivity contribution in [3.05, 3.63) is 35.1 Å². The molecular formula is C13H12ClN3O3. The lowest BCUT2D eigenvalue weighted by Gasteiger charge is -2.15. The molecule has 0 saturated carbocycles. The zero-order chi connectivity index (χ0) is 14.9. The van der Waals surface area contributed by atoms with Gasteiger partial charge in [0.1, 0.15) is 12.2 Å². The minimum absolute atomic E-state index is 0.125. The molecule has 3 N–H and O–H groups in total. The molecule has 0 aliphatic carbocycles. The number of likely N-dealkylation sites (N-methyl/N-ethyl adjacent to an activating group) is 1. The van der Waals surface area contributed by atoms with Crippen LogP contribution in [0, 0.1) is 0 Å². The lowest BCUT2D eigenvalue weighted by molar-refractivity contribution is -0.137. The summed E-state index contributed by atoms with van der Waals surface area (Å²) in [5, 5.41) is 10.3. The van der Waals surface area contributed by atoms with Crippen LogP contribution < -0.4 is 5.73 Å². The summed E-state index contributed by atoms with van der Waals surface area (Å²) in [7, 11) is 1.39. The van der Waals surface area contributed by atoms with Gasteiger partial charge in [-0.15, -0.1) is 0 Å². The summed E-state index contributed by atoms with van der Waals surface area (Å²) in [6, 6.07) is 4.84. The monoisotopic (exact) mass is 293 g/mol. The number of fused-ring (bicyclic) bond motifs is 1. The number of benzene rings is 1. The number of carboxylic acids is 1. The normalized spacial score (nSPS) is 10.5. The minimum Gasteiger partial charge on any atom is -0.480 e. The van der Waals surface area contributed by atoms with Gasteiger partial charge in [-0.25, -0.2) is 0 Å². The van der Waals surface area contributed by atoms with Crippen LogP contribution in [0.25, 0.3) is 10.8 Å². The van der Waals surface area contributed by atoms with Crippen molar-refractivity contribution in [2.75, 3.05) is 19.3 Å². The molecule has 1 amide bonds. The van der Waals surface area contributed by atoms with Gasteiger partial charge in [-0.2, -0.15) is 0 Å². The number of aliphatic carboxylic acids is 1. The van der Waals surface area contributed by atoms with Crippen molar-refractivity contribution in [1.29, 1.82) is 0 Å². The van der Waals surface area contributed by atoms with Crippen LogP contribution in [0.4, 0.5) is 5.69 Å². The number of nitrogen functional groups attached to an aromatic ring is 1. The Kier molecular flexibility index (Phi) is 3.76. The zero-order valence-corrected chi connectivity index (χ0v) is 11.4. The number of carbonyl (C=O) groups excluding carboxylic acids is 1. The highest BCUT2D eigenvalue weighted by atomic mass is 35.5. The van der Waals surface area contributed by atoms with Crippen molar-refractivity contribution in [3.8, 4) is 0 Å². The molecule has 2 rings (SSSR count). The molecular weight excluding hydrogens is 282 g/mol. The highest BCUT2D eigenvalue weighted by molar-refractivity contribution is 6.32. The van der Waals surface area contributed by atoms with E-state index in [0.29, 0.717) is 21.5 Å². The molecule has 2 aromatic rings. The van der Waals surface area contributed by atoms with Crippen LogP contribution in [0.2, 0.25) is 5.02 Å². The fourth-order valence-corrected chi connectivity index (χ4v) is 2.13. The van der Waals surface area contributed by atoms with E-state index in [-0.39, 0.29) is 5.69 Å². The first-order valence-electron chi connectivity index (χ1n) is 5.71. The maximum Gasteiger partial charge on any atom is 0.323 e. The maximum absolute atomic E-state index is 12.2. The maximum atomic E-state index is 12.2. The fraction of sp³-hybridized carbons (Fsp3) is 0.154. The predicted octanol–water partition coefficient (Wildman–Crippen LogP) is 1.63. The van der Waals surface area contributed by atoms with Gasteiger partial charge < -0.3 is 15.7 Å². The number of hydrogen-bond acceptors (Lipinski definition) is 4. The van der Waals surface area contributed by atoms with E-state index in [4.69, 9.17) is 22.4 Å². The van der Waals surface area contributed by atoms with Crippen LogP contribution in [-0.4, -0.2) is 40.5 Å². The van der Waals surface area contributed by atoms with E-state index in [1.165, 1.54) is 13.2 Å². The number of hydrogen-bond donors (Lipinski definition) is 2. The third kappa shape index (κ3) is 2.65. The number of carboxylic acid groups (broad SMARTS) is 1. The van der Waals surface area contributed by atoms with Crippen LogP contribution in [0.5, 0.6) is 0 Å². The average molecular weight is 294 g/mol. The molecule has 0 radical (unpaired) electrons. The van der Waals surface area contributed by atoms with Gasteiger partial charge in [-0.05, 0) is 18.2 Å². The van der Waals surface area contributed by atoms with Crippen LogP contribution >= 0.6 is 11.6 Å². The second-order valence-electron chi connectivity index (χ2n) is 4.30. The molecule has 0 aliphatic heterocycles. The number of carbonyl (C=O) groups is 2. The number of amides is 1. The molecule has 0 unspecified atom stereocenters. The lowest BCUT2D eigenvalue weighted by atomic mass is 10.1. The van der Waals surface area contributed by atoms with Crippen LogP contribution in [0.1, 0.15) is 10.5 Å². The fourth-order valence-electron chi connectivity index (χ4n) is 1.90. The zero-order valence-electron chi connectivity index (χ0n) is 10.6. The first-order chi connectivity index (χ1) is 9.40. The second-order valence-corrected chi connectivity index (χ2v) is 4.74. The Morgan fingerprint density at radius 2 is 2.10 bits per heavy atom. The van der Waals surface area contributed by atoms with Gasteiger partial charge in [0, 0.05) is 34.7 Å². The average Bonchev–Trinajstić information content (AvgIpc) is 2.36. The van der Waals surface area contributed by atoms with E-state index < -0.39 is 18.4 Å². The number of halogens is 1. The molecule has 1 aromatic heterocycles. The summed E-state index contributed by atoms with van der Waals surface area (Å²) < 4.78 is 0. The highest BCUT2D eigenvalue weighted by Gasteiger charge is 2.19. The second kappa shape index (κ2) is 5.34. The summed E-state index contributed by atoms with van der Waals surface area (Å²) in [6.45, 7) is -0.410. The predicted molar refractivity (Wildman–Crippen MR) is 75.8 cm³/mol. The lowest BCUT2D eigenvalue weighted by Crippen LogP contribution is -2.32. The highest BCUT2D eigenvalue weighted by Crippen LogP contribution is 2.27. The Morgan fingerprint density at radius 3 is 2.75 bits per heavy atom. The van der Waals surface area contributed by atoms with Gasteiger partial charge in [-0.1, -0.05) is 11.6 Å². The van der Waals surface area contributed by atoms with Crippen molar-refractivity contribution in [2.24, 2.45) is 0 Å². The molecule has 0 saturated heterocycles. The Bertz CT molecular complexity index is 703. The van der Waals surface area contributed by atoms with Crippen molar-refractivity contribution < 1.29 is 14.7 Å². The largest absolute Gasteiger partial charge is 0.480 e. The summed E-state index contributed by atoms with van der Waals surface area (Å²) in [5.74, 6) is -1.60.